The van der Waals surface area contributed by atoms with Gasteiger partial charge in [-0.3, -0.25) is 4.79 Å². The van der Waals surface area contributed by atoms with Gasteiger partial charge in [0.2, 0.25) is 10.0 Å². The molecule has 0 unspecified atom stereocenters. The molecular formula is C10H19NO4S. The van der Waals surface area contributed by atoms with Gasteiger partial charge < -0.3 is 4.74 Å². The van der Waals surface area contributed by atoms with Crippen molar-refractivity contribution in [2.24, 2.45) is 0 Å². The Morgan fingerprint density at radius 3 is 2.44 bits per heavy atom. The Balaban J connectivity index is 2.63. The summed E-state index contributed by atoms with van der Waals surface area (Å²) in [4.78, 5) is 11.3. The highest BCUT2D eigenvalue weighted by atomic mass is 32.2. The Hall–Kier alpha value is -0.620. The van der Waals surface area contributed by atoms with Gasteiger partial charge in [0.15, 0.2) is 0 Å². The van der Waals surface area contributed by atoms with Crippen molar-refractivity contribution in [2.45, 2.75) is 38.4 Å². The second-order valence-corrected chi connectivity index (χ2v) is 6.10. The summed E-state index contributed by atoms with van der Waals surface area (Å²) in [6.07, 6.45) is 2.13. The van der Waals surface area contributed by atoms with E-state index in [0.717, 1.165) is 0 Å². The highest BCUT2D eigenvalue weighted by Crippen LogP contribution is 2.30. The summed E-state index contributed by atoms with van der Waals surface area (Å²) in [5.74, 6) is -0.472. The minimum atomic E-state index is -3.27. The standard InChI is InChI=1S/C10H19NO4S/c1-3-7-11(8-10(12)15-4-2)16(13,14)9-5-6-9/h9H,3-8H2,1-2H3. The summed E-state index contributed by atoms with van der Waals surface area (Å²) < 4.78 is 29.9. The van der Waals surface area contributed by atoms with Crippen molar-refractivity contribution < 1.29 is 17.9 Å². The van der Waals surface area contributed by atoms with Crippen molar-refractivity contribution in [1.29, 1.82) is 0 Å². The lowest BCUT2D eigenvalue weighted by atomic mass is 10.5. The minimum absolute atomic E-state index is 0.152. The molecule has 6 heteroatoms. The predicted molar refractivity (Wildman–Crippen MR) is 60.4 cm³/mol. The zero-order valence-corrected chi connectivity index (χ0v) is 10.6. The van der Waals surface area contributed by atoms with E-state index in [9.17, 15) is 13.2 Å². The molecule has 0 heterocycles. The van der Waals surface area contributed by atoms with Crippen molar-refractivity contribution in [2.75, 3.05) is 19.7 Å². The molecule has 1 saturated carbocycles. The van der Waals surface area contributed by atoms with Crippen molar-refractivity contribution in [3.8, 4) is 0 Å². The molecule has 0 atom stereocenters. The van der Waals surface area contributed by atoms with Gasteiger partial charge in [0.1, 0.15) is 6.54 Å². The van der Waals surface area contributed by atoms with E-state index < -0.39 is 16.0 Å². The van der Waals surface area contributed by atoms with E-state index in [2.05, 4.69) is 0 Å². The molecule has 94 valence electrons. The molecule has 0 spiro atoms. The van der Waals surface area contributed by atoms with Crippen LogP contribution in [0.2, 0.25) is 0 Å². The Morgan fingerprint density at radius 1 is 1.38 bits per heavy atom. The fraction of sp³-hybridized carbons (Fsp3) is 0.900. The van der Waals surface area contributed by atoms with Crippen molar-refractivity contribution in [1.82, 2.24) is 4.31 Å². The summed E-state index contributed by atoms with van der Waals surface area (Å²) >= 11 is 0. The molecule has 0 bridgehead atoms. The maximum Gasteiger partial charge on any atom is 0.321 e. The number of sulfonamides is 1. The van der Waals surface area contributed by atoms with Crippen LogP contribution in [-0.2, 0) is 19.6 Å². The van der Waals surface area contributed by atoms with Crippen LogP contribution >= 0.6 is 0 Å². The van der Waals surface area contributed by atoms with Crippen LogP contribution in [-0.4, -0.2) is 43.6 Å². The zero-order chi connectivity index (χ0) is 12.2. The molecular weight excluding hydrogens is 230 g/mol. The minimum Gasteiger partial charge on any atom is -0.465 e. The van der Waals surface area contributed by atoms with Crippen LogP contribution in [0.3, 0.4) is 0 Å². The highest BCUT2D eigenvalue weighted by molar-refractivity contribution is 7.90. The van der Waals surface area contributed by atoms with Gasteiger partial charge in [-0.2, -0.15) is 4.31 Å². The fourth-order valence-corrected chi connectivity index (χ4v) is 3.35. The predicted octanol–water partition coefficient (Wildman–Crippen LogP) is 0.754. The largest absolute Gasteiger partial charge is 0.465 e. The lowest BCUT2D eigenvalue weighted by Gasteiger charge is -2.20. The van der Waals surface area contributed by atoms with Crippen molar-refractivity contribution in [3.63, 3.8) is 0 Å². The first-order chi connectivity index (χ1) is 7.52. The Kier molecular flexibility index (Phi) is 4.73. The molecule has 1 fully saturated rings. The van der Waals surface area contributed by atoms with Crippen LogP contribution in [0.15, 0.2) is 0 Å². The van der Waals surface area contributed by atoms with E-state index in [0.29, 0.717) is 25.8 Å². The number of rotatable bonds is 7. The second-order valence-electron chi connectivity index (χ2n) is 3.88. The number of ether oxygens (including phenoxy) is 1. The van der Waals surface area contributed by atoms with Crippen molar-refractivity contribution in [3.05, 3.63) is 0 Å². The molecule has 5 nitrogen and oxygen atoms in total. The highest BCUT2D eigenvalue weighted by Gasteiger charge is 2.40. The number of carbonyl (C=O) groups excluding carboxylic acids is 1. The molecule has 0 aromatic carbocycles. The van der Waals surface area contributed by atoms with Gasteiger partial charge in [0.05, 0.1) is 11.9 Å². The number of nitrogens with zero attached hydrogens (tertiary/aromatic N) is 1. The Labute approximate surface area is 96.8 Å². The van der Waals surface area contributed by atoms with E-state index in [4.69, 9.17) is 4.74 Å². The summed E-state index contributed by atoms with van der Waals surface area (Å²) in [5, 5.41) is -0.270. The number of hydrogen-bond acceptors (Lipinski definition) is 4. The summed E-state index contributed by atoms with van der Waals surface area (Å²) in [5.41, 5.74) is 0. The van der Waals surface area contributed by atoms with Crippen molar-refractivity contribution >= 4 is 16.0 Å². The molecule has 0 amide bonds. The summed E-state index contributed by atoms with van der Waals surface area (Å²) in [6.45, 7) is 4.11. The number of carbonyl (C=O) groups is 1. The molecule has 1 aliphatic rings. The molecule has 16 heavy (non-hydrogen) atoms. The van der Waals surface area contributed by atoms with Crippen LogP contribution in [0.5, 0.6) is 0 Å². The van der Waals surface area contributed by atoms with Crippen LogP contribution in [0.25, 0.3) is 0 Å². The smallest absolute Gasteiger partial charge is 0.321 e. The van der Waals surface area contributed by atoms with E-state index in [1.165, 1.54) is 4.31 Å². The zero-order valence-electron chi connectivity index (χ0n) is 9.81. The molecule has 0 aliphatic heterocycles. The van der Waals surface area contributed by atoms with Gasteiger partial charge in [0, 0.05) is 6.54 Å². The van der Waals surface area contributed by atoms with E-state index in [1.54, 1.807) is 6.92 Å². The molecule has 0 aromatic rings. The Bertz CT molecular complexity index is 335. The third-order valence-electron chi connectivity index (χ3n) is 2.39. The normalized spacial score (nSPS) is 16.4. The molecule has 0 saturated heterocycles. The van der Waals surface area contributed by atoms with Crippen LogP contribution in [0.1, 0.15) is 33.1 Å². The molecule has 0 N–H and O–H groups in total. The maximum atomic E-state index is 11.9. The third kappa shape index (κ3) is 3.45. The van der Waals surface area contributed by atoms with Gasteiger partial charge in [-0.25, -0.2) is 8.42 Å². The fourth-order valence-electron chi connectivity index (χ4n) is 1.47. The molecule has 1 rings (SSSR count). The van der Waals surface area contributed by atoms with Gasteiger partial charge >= 0.3 is 5.97 Å². The lowest BCUT2D eigenvalue weighted by molar-refractivity contribution is -0.143. The van der Waals surface area contributed by atoms with Crippen LogP contribution in [0.4, 0.5) is 0 Å². The quantitative estimate of drug-likeness (QED) is 0.625. The van der Waals surface area contributed by atoms with E-state index >= 15 is 0 Å². The topological polar surface area (TPSA) is 63.7 Å². The number of hydrogen-bond donors (Lipinski definition) is 0. The molecule has 1 aliphatic carbocycles. The van der Waals surface area contributed by atoms with Gasteiger partial charge in [-0.05, 0) is 26.2 Å². The maximum absolute atomic E-state index is 11.9. The van der Waals surface area contributed by atoms with Crippen LogP contribution < -0.4 is 0 Å². The first-order valence-electron chi connectivity index (χ1n) is 5.67. The average Bonchev–Trinajstić information content (AvgIpc) is 3.00. The monoisotopic (exact) mass is 249 g/mol. The van der Waals surface area contributed by atoms with Crippen LogP contribution in [0, 0.1) is 0 Å². The first-order valence-corrected chi connectivity index (χ1v) is 7.17. The van der Waals surface area contributed by atoms with Gasteiger partial charge in [0.25, 0.3) is 0 Å². The molecule has 0 radical (unpaired) electrons. The van der Waals surface area contributed by atoms with E-state index in [1.807, 2.05) is 6.92 Å². The summed E-state index contributed by atoms with van der Waals surface area (Å²) in [6, 6.07) is 0. The van der Waals surface area contributed by atoms with Gasteiger partial charge in [-0.15, -0.1) is 0 Å². The summed E-state index contributed by atoms with van der Waals surface area (Å²) in [7, 11) is -3.27. The molecule has 0 aromatic heterocycles. The van der Waals surface area contributed by atoms with Gasteiger partial charge in [-0.1, -0.05) is 6.92 Å². The number of esters is 1. The SMILES string of the molecule is CCCN(CC(=O)OCC)S(=O)(=O)C1CC1. The second kappa shape index (κ2) is 5.63. The Morgan fingerprint density at radius 2 is 2.00 bits per heavy atom. The third-order valence-corrected chi connectivity index (χ3v) is 4.73. The van der Waals surface area contributed by atoms with E-state index in [-0.39, 0.29) is 18.4 Å². The average molecular weight is 249 g/mol. The lowest BCUT2D eigenvalue weighted by Crippen LogP contribution is -2.39. The first kappa shape index (κ1) is 13.4.